The average Bonchev–Trinajstić information content (AvgIpc) is 3.11. The molecular weight excluding hydrogens is 366 g/mol. The summed E-state index contributed by atoms with van der Waals surface area (Å²) in [6.45, 7) is 7.77. The molecule has 0 radical (unpaired) electrons. The normalized spacial score (nSPS) is 21.3. The number of piperazine rings is 1. The van der Waals surface area contributed by atoms with Gasteiger partial charge in [0.1, 0.15) is 5.82 Å². The largest absolute Gasteiger partial charge is 0.395 e. The summed E-state index contributed by atoms with van der Waals surface area (Å²) in [5.74, 6) is 0.988. The van der Waals surface area contributed by atoms with E-state index in [1.807, 2.05) is 25.2 Å². The van der Waals surface area contributed by atoms with Crippen LogP contribution in [0, 0.1) is 0 Å². The summed E-state index contributed by atoms with van der Waals surface area (Å²) in [5.41, 5.74) is 3.67. The highest BCUT2D eigenvalue weighted by molar-refractivity contribution is 5.37. The SMILES string of the molecule is CN(C)c1ccc(CN2CCn3nc(CN4CCN(C)[C@H](CO)C4)cc3C2)cn1. The van der Waals surface area contributed by atoms with E-state index in [0.29, 0.717) is 0 Å². The van der Waals surface area contributed by atoms with Gasteiger partial charge in [-0.15, -0.1) is 0 Å². The number of aromatic nitrogens is 3. The number of aliphatic hydroxyl groups is 1. The van der Waals surface area contributed by atoms with Crippen molar-refractivity contribution >= 4 is 5.82 Å². The summed E-state index contributed by atoms with van der Waals surface area (Å²) in [6.07, 6.45) is 1.98. The highest BCUT2D eigenvalue weighted by Crippen LogP contribution is 2.19. The monoisotopic (exact) mass is 399 g/mol. The van der Waals surface area contributed by atoms with Gasteiger partial charge < -0.3 is 10.0 Å². The zero-order valence-electron chi connectivity index (χ0n) is 17.8. The number of pyridine rings is 1. The van der Waals surface area contributed by atoms with Crippen molar-refractivity contribution < 1.29 is 5.11 Å². The van der Waals surface area contributed by atoms with E-state index >= 15 is 0 Å². The van der Waals surface area contributed by atoms with Gasteiger partial charge in [-0.1, -0.05) is 6.07 Å². The van der Waals surface area contributed by atoms with Crippen LogP contribution < -0.4 is 4.90 Å². The summed E-state index contributed by atoms with van der Waals surface area (Å²) < 4.78 is 2.17. The van der Waals surface area contributed by atoms with Gasteiger partial charge >= 0.3 is 0 Å². The van der Waals surface area contributed by atoms with E-state index in [9.17, 15) is 5.11 Å². The van der Waals surface area contributed by atoms with Crippen molar-refractivity contribution in [3.8, 4) is 0 Å². The fraction of sp³-hybridized carbons (Fsp3) is 0.619. The van der Waals surface area contributed by atoms with Gasteiger partial charge in [-0.3, -0.25) is 19.4 Å². The predicted octanol–water partition coefficient (Wildman–Crippen LogP) is 0.468. The number of anilines is 1. The lowest BCUT2D eigenvalue weighted by Crippen LogP contribution is -2.52. The first kappa shape index (κ1) is 20.3. The highest BCUT2D eigenvalue weighted by atomic mass is 16.3. The number of fused-ring (bicyclic) bond motifs is 1. The van der Waals surface area contributed by atoms with Crippen molar-refractivity contribution in [3.63, 3.8) is 0 Å². The van der Waals surface area contributed by atoms with Gasteiger partial charge in [0, 0.05) is 72.1 Å². The summed E-state index contributed by atoms with van der Waals surface area (Å²) >= 11 is 0. The maximum absolute atomic E-state index is 9.57. The molecule has 2 aromatic heterocycles. The van der Waals surface area contributed by atoms with Crippen molar-refractivity contribution in [2.24, 2.45) is 0 Å². The van der Waals surface area contributed by atoms with Crippen LogP contribution in [0.15, 0.2) is 24.4 Å². The maximum atomic E-state index is 9.57. The van der Waals surface area contributed by atoms with Crippen molar-refractivity contribution in [3.05, 3.63) is 41.3 Å². The van der Waals surface area contributed by atoms with Gasteiger partial charge in [0.05, 0.1) is 24.5 Å². The van der Waals surface area contributed by atoms with Crippen molar-refractivity contribution in [2.45, 2.75) is 32.2 Å². The third-order valence-electron chi connectivity index (χ3n) is 6.06. The second-order valence-corrected chi connectivity index (χ2v) is 8.53. The summed E-state index contributed by atoms with van der Waals surface area (Å²) in [4.78, 5) is 13.7. The first-order valence-electron chi connectivity index (χ1n) is 10.5. The summed E-state index contributed by atoms with van der Waals surface area (Å²) in [7, 11) is 6.11. The molecule has 2 aliphatic heterocycles. The Bertz CT molecular complexity index is 804. The van der Waals surface area contributed by atoms with Crippen LogP contribution in [0.4, 0.5) is 5.82 Å². The Morgan fingerprint density at radius 3 is 2.66 bits per heavy atom. The quantitative estimate of drug-likeness (QED) is 0.757. The minimum atomic E-state index is 0.214. The van der Waals surface area contributed by atoms with E-state index in [1.54, 1.807) is 0 Å². The molecule has 158 valence electrons. The van der Waals surface area contributed by atoms with Crippen molar-refractivity contribution in [1.29, 1.82) is 0 Å². The van der Waals surface area contributed by atoms with Crippen LogP contribution in [-0.4, -0.2) is 94.5 Å². The van der Waals surface area contributed by atoms with Crippen LogP contribution in [0.5, 0.6) is 0 Å². The predicted molar refractivity (Wildman–Crippen MR) is 114 cm³/mol. The molecule has 2 aromatic rings. The highest BCUT2D eigenvalue weighted by Gasteiger charge is 2.25. The van der Waals surface area contributed by atoms with Crippen LogP contribution in [0.3, 0.4) is 0 Å². The molecular formula is C21H33N7O. The third kappa shape index (κ3) is 4.78. The van der Waals surface area contributed by atoms with Crippen LogP contribution in [-0.2, 0) is 26.2 Å². The number of nitrogens with zero attached hydrogens (tertiary/aromatic N) is 7. The maximum Gasteiger partial charge on any atom is 0.127 e. The second kappa shape index (κ2) is 8.79. The minimum absolute atomic E-state index is 0.214. The van der Waals surface area contributed by atoms with Gasteiger partial charge in [-0.25, -0.2) is 4.98 Å². The molecule has 0 amide bonds. The Balaban J connectivity index is 1.35. The molecule has 1 fully saturated rings. The molecule has 8 heteroatoms. The Morgan fingerprint density at radius 2 is 1.93 bits per heavy atom. The third-order valence-corrected chi connectivity index (χ3v) is 6.06. The van der Waals surface area contributed by atoms with Crippen LogP contribution in [0.2, 0.25) is 0 Å². The first-order valence-corrected chi connectivity index (χ1v) is 10.5. The lowest BCUT2D eigenvalue weighted by molar-refractivity contribution is 0.0533. The minimum Gasteiger partial charge on any atom is -0.395 e. The number of rotatable bonds is 6. The fourth-order valence-electron chi connectivity index (χ4n) is 4.21. The smallest absolute Gasteiger partial charge is 0.127 e. The van der Waals surface area contributed by atoms with Gasteiger partial charge in [0.25, 0.3) is 0 Å². The molecule has 1 saturated heterocycles. The van der Waals surface area contributed by atoms with E-state index in [1.165, 1.54) is 11.3 Å². The van der Waals surface area contributed by atoms with Crippen LogP contribution >= 0.6 is 0 Å². The first-order chi connectivity index (χ1) is 14.0. The Kier molecular flexibility index (Phi) is 6.15. The van der Waals surface area contributed by atoms with E-state index < -0.39 is 0 Å². The molecule has 0 spiro atoms. The number of hydrogen-bond donors (Lipinski definition) is 1. The van der Waals surface area contributed by atoms with Crippen LogP contribution in [0.25, 0.3) is 0 Å². The lowest BCUT2D eigenvalue weighted by atomic mass is 10.2. The molecule has 1 atom stereocenters. The topological polar surface area (TPSA) is 63.9 Å². The molecule has 4 rings (SSSR count). The standard InChI is InChI=1S/C21H33N7O/c1-24(2)21-5-4-17(11-22-21)12-26-8-9-28-19(14-26)10-18(23-28)13-27-7-6-25(3)20(15-27)16-29/h4-5,10-11,20,29H,6-9,12-16H2,1-3H3/t20-/m0/s1. The van der Waals surface area contributed by atoms with E-state index in [2.05, 4.69) is 49.6 Å². The number of aliphatic hydroxyl groups excluding tert-OH is 1. The lowest BCUT2D eigenvalue weighted by Gasteiger charge is -2.38. The molecule has 0 unspecified atom stereocenters. The van der Waals surface area contributed by atoms with E-state index in [0.717, 1.165) is 63.9 Å². The van der Waals surface area contributed by atoms with Crippen molar-refractivity contribution in [1.82, 2.24) is 29.5 Å². The van der Waals surface area contributed by atoms with Gasteiger partial charge in [-0.2, -0.15) is 5.10 Å². The number of likely N-dealkylation sites (N-methyl/N-ethyl adjacent to an activating group) is 1. The molecule has 1 N–H and O–H groups in total. The zero-order chi connectivity index (χ0) is 20.4. The Hall–Kier alpha value is -2.00. The summed E-state index contributed by atoms with van der Waals surface area (Å²) in [5, 5.41) is 14.4. The van der Waals surface area contributed by atoms with Crippen molar-refractivity contribution in [2.75, 3.05) is 58.8 Å². The Morgan fingerprint density at radius 1 is 1.10 bits per heavy atom. The summed E-state index contributed by atoms with van der Waals surface area (Å²) in [6, 6.07) is 6.73. The molecule has 0 bridgehead atoms. The van der Waals surface area contributed by atoms with E-state index in [-0.39, 0.29) is 12.6 Å². The van der Waals surface area contributed by atoms with Gasteiger partial charge in [0.2, 0.25) is 0 Å². The Labute approximate surface area is 173 Å². The second-order valence-electron chi connectivity index (χ2n) is 8.53. The average molecular weight is 400 g/mol. The van der Waals surface area contributed by atoms with Gasteiger partial charge in [0.15, 0.2) is 0 Å². The van der Waals surface area contributed by atoms with Crippen LogP contribution in [0.1, 0.15) is 17.0 Å². The molecule has 2 aliphatic rings. The van der Waals surface area contributed by atoms with Gasteiger partial charge in [-0.05, 0) is 24.7 Å². The zero-order valence-corrected chi connectivity index (χ0v) is 17.8. The molecule has 29 heavy (non-hydrogen) atoms. The van der Waals surface area contributed by atoms with E-state index in [4.69, 9.17) is 5.10 Å². The fourth-order valence-corrected chi connectivity index (χ4v) is 4.21. The molecule has 0 aromatic carbocycles. The molecule has 4 heterocycles. The molecule has 0 aliphatic carbocycles. The number of hydrogen-bond acceptors (Lipinski definition) is 7. The molecule has 8 nitrogen and oxygen atoms in total. The molecule has 0 saturated carbocycles.